The zero-order valence-electron chi connectivity index (χ0n) is 17.6. The second-order valence-corrected chi connectivity index (χ2v) is 7.26. The highest BCUT2D eigenvalue weighted by molar-refractivity contribution is 5.64. The standard InChI is InChI=1S/C21H27N7O2/c1-15(22-3)13-16(2)23-19-14-20(27-11-9-26(4)10-12-27)25-21(24-19)17-5-7-18(8-6-17)28(29)30/h5-8,13-14,22H,2,9-12H2,1,3-4H3,(H,23,24,25)/b15-13-. The number of nitrogens with zero attached hydrogens (tertiary/aromatic N) is 5. The van der Waals surface area contributed by atoms with Gasteiger partial charge in [0.05, 0.1) is 4.92 Å². The van der Waals surface area contributed by atoms with Gasteiger partial charge in [-0.25, -0.2) is 9.97 Å². The molecule has 1 saturated heterocycles. The molecule has 9 nitrogen and oxygen atoms in total. The lowest BCUT2D eigenvalue weighted by Gasteiger charge is -2.33. The summed E-state index contributed by atoms with van der Waals surface area (Å²) in [4.78, 5) is 24.4. The van der Waals surface area contributed by atoms with Gasteiger partial charge in [-0.15, -0.1) is 0 Å². The third-order valence-electron chi connectivity index (χ3n) is 4.95. The van der Waals surface area contributed by atoms with E-state index < -0.39 is 4.92 Å². The molecule has 9 heteroatoms. The van der Waals surface area contributed by atoms with E-state index >= 15 is 0 Å². The maximum atomic E-state index is 11.0. The van der Waals surface area contributed by atoms with Crippen LogP contribution < -0.4 is 15.5 Å². The highest BCUT2D eigenvalue weighted by Gasteiger charge is 2.18. The van der Waals surface area contributed by atoms with Crippen LogP contribution in [0, 0.1) is 10.1 Å². The summed E-state index contributed by atoms with van der Waals surface area (Å²) in [5.74, 6) is 1.94. The van der Waals surface area contributed by atoms with Crippen LogP contribution in [0.5, 0.6) is 0 Å². The van der Waals surface area contributed by atoms with Gasteiger partial charge in [-0.3, -0.25) is 10.1 Å². The van der Waals surface area contributed by atoms with Gasteiger partial charge in [0.2, 0.25) is 0 Å². The molecule has 0 unspecified atom stereocenters. The van der Waals surface area contributed by atoms with Gasteiger partial charge in [-0.2, -0.15) is 0 Å². The van der Waals surface area contributed by atoms with Gasteiger partial charge in [0.1, 0.15) is 11.6 Å². The number of piperazine rings is 1. The number of non-ortho nitro benzene ring substituents is 1. The Bertz CT molecular complexity index is 948. The Balaban J connectivity index is 1.95. The smallest absolute Gasteiger partial charge is 0.269 e. The van der Waals surface area contributed by atoms with Gasteiger partial charge in [0.25, 0.3) is 5.69 Å². The summed E-state index contributed by atoms with van der Waals surface area (Å²) >= 11 is 0. The van der Waals surface area contributed by atoms with Gasteiger partial charge in [0.15, 0.2) is 5.82 Å². The van der Waals surface area contributed by atoms with E-state index in [1.165, 1.54) is 12.1 Å². The summed E-state index contributed by atoms with van der Waals surface area (Å²) in [5.41, 5.74) is 2.41. The van der Waals surface area contributed by atoms with Crippen molar-refractivity contribution in [1.82, 2.24) is 20.2 Å². The van der Waals surface area contributed by atoms with Crippen molar-refractivity contribution in [3.8, 4) is 11.4 Å². The second kappa shape index (κ2) is 9.36. The lowest BCUT2D eigenvalue weighted by Crippen LogP contribution is -2.44. The fraction of sp³-hybridized carbons (Fsp3) is 0.333. The first-order chi connectivity index (χ1) is 14.4. The van der Waals surface area contributed by atoms with Crippen LogP contribution in [0.2, 0.25) is 0 Å². The van der Waals surface area contributed by atoms with Crippen molar-refractivity contribution in [3.63, 3.8) is 0 Å². The van der Waals surface area contributed by atoms with Crippen molar-refractivity contribution in [2.24, 2.45) is 0 Å². The van der Waals surface area contributed by atoms with Crippen LogP contribution in [-0.2, 0) is 0 Å². The molecule has 0 radical (unpaired) electrons. The number of allylic oxidation sites excluding steroid dienone is 2. The number of likely N-dealkylation sites (N-methyl/N-ethyl adjacent to an activating group) is 1. The Morgan fingerprint density at radius 3 is 2.47 bits per heavy atom. The topological polar surface area (TPSA) is 99.5 Å². The maximum absolute atomic E-state index is 11.0. The molecule has 0 spiro atoms. The van der Waals surface area contributed by atoms with E-state index in [0.717, 1.165) is 37.7 Å². The minimum absolute atomic E-state index is 0.0355. The number of anilines is 2. The molecular formula is C21H27N7O2. The molecular weight excluding hydrogens is 382 g/mol. The molecule has 1 aromatic heterocycles. The summed E-state index contributed by atoms with van der Waals surface area (Å²) in [7, 11) is 3.95. The molecule has 2 aromatic rings. The van der Waals surface area contributed by atoms with Crippen LogP contribution >= 0.6 is 0 Å². The third-order valence-corrected chi connectivity index (χ3v) is 4.95. The van der Waals surface area contributed by atoms with E-state index in [4.69, 9.17) is 4.98 Å². The number of rotatable bonds is 7. The summed E-state index contributed by atoms with van der Waals surface area (Å²) in [6, 6.07) is 8.18. The first-order valence-corrected chi connectivity index (χ1v) is 9.75. The second-order valence-electron chi connectivity index (χ2n) is 7.26. The molecule has 1 aliphatic heterocycles. The fourth-order valence-corrected chi connectivity index (χ4v) is 3.09. The van der Waals surface area contributed by atoms with Gasteiger partial charge in [0, 0.05) is 68.4 Å². The van der Waals surface area contributed by atoms with E-state index in [9.17, 15) is 10.1 Å². The molecule has 3 rings (SSSR count). The lowest BCUT2D eigenvalue weighted by molar-refractivity contribution is -0.384. The maximum Gasteiger partial charge on any atom is 0.269 e. The number of nitro groups is 1. The zero-order valence-corrected chi connectivity index (χ0v) is 17.6. The van der Waals surface area contributed by atoms with E-state index in [1.54, 1.807) is 12.1 Å². The Labute approximate surface area is 176 Å². The summed E-state index contributed by atoms with van der Waals surface area (Å²) < 4.78 is 0. The van der Waals surface area contributed by atoms with Crippen LogP contribution in [0.1, 0.15) is 6.92 Å². The van der Waals surface area contributed by atoms with Crippen LogP contribution in [0.25, 0.3) is 11.4 Å². The Morgan fingerprint density at radius 1 is 1.20 bits per heavy atom. The number of hydrogen-bond acceptors (Lipinski definition) is 8. The number of nitro benzene ring substituents is 1. The number of aromatic nitrogens is 2. The highest BCUT2D eigenvalue weighted by Crippen LogP contribution is 2.25. The molecule has 0 amide bonds. The third kappa shape index (κ3) is 5.32. The number of nitrogens with one attached hydrogen (secondary N) is 2. The molecule has 158 valence electrons. The molecule has 1 aliphatic rings. The monoisotopic (exact) mass is 409 g/mol. The van der Waals surface area contributed by atoms with Gasteiger partial charge >= 0.3 is 0 Å². The van der Waals surface area contributed by atoms with Crippen molar-refractivity contribution < 1.29 is 4.92 Å². The molecule has 2 N–H and O–H groups in total. The number of benzene rings is 1. The van der Waals surface area contributed by atoms with Crippen LogP contribution in [0.15, 0.2) is 54.4 Å². The first-order valence-electron chi connectivity index (χ1n) is 9.75. The lowest BCUT2D eigenvalue weighted by atomic mass is 10.2. The quantitative estimate of drug-likeness (QED) is 0.409. The molecule has 0 aliphatic carbocycles. The van der Waals surface area contributed by atoms with Gasteiger partial charge < -0.3 is 20.4 Å². The molecule has 30 heavy (non-hydrogen) atoms. The van der Waals surface area contributed by atoms with E-state index in [1.807, 2.05) is 26.1 Å². The van der Waals surface area contributed by atoms with E-state index in [0.29, 0.717) is 22.9 Å². The average molecular weight is 409 g/mol. The van der Waals surface area contributed by atoms with Gasteiger partial charge in [-0.1, -0.05) is 6.58 Å². The minimum atomic E-state index is -0.418. The Hall–Kier alpha value is -3.46. The van der Waals surface area contributed by atoms with Crippen molar-refractivity contribution >= 4 is 17.3 Å². The van der Waals surface area contributed by atoms with Crippen molar-refractivity contribution in [2.45, 2.75) is 6.92 Å². The Morgan fingerprint density at radius 2 is 1.87 bits per heavy atom. The largest absolute Gasteiger partial charge is 0.392 e. The normalized spacial score (nSPS) is 15.0. The highest BCUT2D eigenvalue weighted by atomic mass is 16.6. The molecule has 0 bridgehead atoms. The van der Waals surface area contributed by atoms with Crippen LogP contribution in [-0.4, -0.2) is 60.1 Å². The summed E-state index contributed by atoms with van der Waals surface area (Å²) in [6.45, 7) is 9.63. The Kier molecular flexibility index (Phi) is 6.63. The van der Waals surface area contributed by atoms with Crippen molar-refractivity contribution in [1.29, 1.82) is 0 Å². The summed E-state index contributed by atoms with van der Waals surface area (Å²) in [5, 5.41) is 17.2. The number of hydrogen-bond donors (Lipinski definition) is 2. The van der Waals surface area contributed by atoms with Crippen molar-refractivity contribution in [3.05, 3.63) is 64.5 Å². The van der Waals surface area contributed by atoms with Crippen LogP contribution in [0.4, 0.5) is 17.3 Å². The molecule has 1 aromatic carbocycles. The van der Waals surface area contributed by atoms with Crippen LogP contribution in [0.3, 0.4) is 0 Å². The molecule has 0 atom stereocenters. The summed E-state index contributed by atoms with van der Waals surface area (Å²) in [6.07, 6.45) is 1.89. The molecule has 1 fully saturated rings. The zero-order chi connectivity index (χ0) is 21.7. The first kappa shape index (κ1) is 21.3. The fourth-order valence-electron chi connectivity index (χ4n) is 3.09. The van der Waals surface area contributed by atoms with Crippen molar-refractivity contribution in [2.75, 3.05) is 50.5 Å². The average Bonchev–Trinajstić information content (AvgIpc) is 2.73. The predicted molar refractivity (Wildman–Crippen MR) is 119 cm³/mol. The molecule has 2 heterocycles. The molecule has 0 saturated carbocycles. The predicted octanol–water partition coefficient (Wildman–Crippen LogP) is 2.85. The minimum Gasteiger partial charge on any atom is -0.392 e. The van der Waals surface area contributed by atoms with E-state index in [-0.39, 0.29) is 5.69 Å². The van der Waals surface area contributed by atoms with Gasteiger partial charge in [-0.05, 0) is 32.2 Å². The SMILES string of the molecule is C=C(/C=C(/C)NC)Nc1cc(N2CCN(C)CC2)nc(-c2ccc([N+](=O)[O-])cc2)n1. The van der Waals surface area contributed by atoms with E-state index in [2.05, 4.69) is 39.0 Å².